The number of hydrogen-bond donors (Lipinski definition) is 0. The number of hydrogen-bond acceptors (Lipinski definition) is 4. The summed E-state index contributed by atoms with van der Waals surface area (Å²) in [5.74, 6) is 0.725. The molecule has 0 saturated carbocycles. The maximum atomic E-state index is 14.4. The minimum Gasteiger partial charge on any atom is -0.343 e. The van der Waals surface area contributed by atoms with Crippen LogP contribution in [0, 0.1) is 24.6 Å². The molecule has 41 heavy (non-hydrogen) atoms. The summed E-state index contributed by atoms with van der Waals surface area (Å²) in [5, 5.41) is 1.17. The molecule has 2 aromatic heterocycles. The summed E-state index contributed by atoms with van der Waals surface area (Å²) in [7, 11) is 1.76. The minimum atomic E-state index is -0.424. The third-order valence-electron chi connectivity index (χ3n) is 9.38. The highest BCUT2D eigenvalue weighted by Crippen LogP contribution is 2.34. The van der Waals surface area contributed by atoms with Crippen molar-refractivity contribution < 1.29 is 14.0 Å². The molecule has 3 aromatic rings. The van der Waals surface area contributed by atoms with Crippen LogP contribution in [0.3, 0.4) is 0 Å². The highest BCUT2D eigenvalue weighted by molar-refractivity contribution is 5.99. The average molecular weight is 562 g/mol. The molecule has 0 bridgehead atoms. The molecular weight excluding hydrogens is 517 g/mol. The molecule has 2 fully saturated rings. The van der Waals surface area contributed by atoms with Gasteiger partial charge >= 0.3 is 0 Å². The van der Waals surface area contributed by atoms with Crippen molar-refractivity contribution in [2.24, 2.45) is 11.8 Å². The Bertz CT molecular complexity index is 1420. The lowest BCUT2D eigenvalue weighted by atomic mass is 9.96. The van der Waals surface area contributed by atoms with Crippen LogP contribution in [-0.2, 0) is 11.2 Å². The lowest BCUT2D eigenvalue weighted by molar-refractivity contribution is -0.130. The fourth-order valence-corrected chi connectivity index (χ4v) is 6.80. The summed E-state index contributed by atoms with van der Waals surface area (Å²) >= 11 is 0. The second-order valence-electron chi connectivity index (χ2n) is 12.6. The van der Waals surface area contributed by atoms with E-state index in [0.29, 0.717) is 29.1 Å². The number of aryl methyl sites for hydroxylation is 1. The molecule has 0 spiro atoms. The Morgan fingerprint density at radius 1 is 1.15 bits per heavy atom. The maximum Gasteiger partial charge on any atom is 0.256 e. The van der Waals surface area contributed by atoms with Crippen LogP contribution < -0.4 is 0 Å². The second kappa shape index (κ2) is 11.9. The van der Waals surface area contributed by atoms with E-state index in [0.717, 1.165) is 62.9 Å². The van der Waals surface area contributed by atoms with E-state index in [2.05, 4.69) is 29.9 Å². The molecule has 7 nitrogen and oxygen atoms in total. The number of aromatic nitrogens is 2. The second-order valence-corrected chi connectivity index (χ2v) is 12.6. The fourth-order valence-electron chi connectivity index (χ4n) is 6.80. The van der Waals surface area contributed by atoms with Crippen molar-refractivity contribution in [2.75, 3.05) is 33.2 Å². The number of likely N-dealkylation sites (tertiary alicyclic amines) is 2. The monoisotopic (exact) mass is 561 g/mol. The molecule has 2 amide bonds. The number of halogens is 1. The summed E-state index contributed by atoms with van der Waals surface area (Å²) in [6.45, 7) is 13.9. The van der Waals surface area contributed by atoms with Gasteiger partial charge in [0.25, 0.3) is 5.91 Å². The molecule has 1 aromatic carbocycles. The van der Waals surface area contributed by atoms with Gasteiger partial charge in [0, 0.05) is 70.0 Å². The summed E-state index contributed by atoms with van der Waals surface area (Å²) < 4.78 is 16.5. The van der Waals surface area contributed by atoms with E-state index >= 15 is 0 Å². The molecule has 2 aliphatic heterocycles. The normalized spacial score (nSPS) is 20.3. The predicted octanol–water partition coefficient (Wildman–Crippen LogP) is 5.46. The number of piperidine rings is 1. The third kappa shape index (κ3) is 6.03. The number of carbonyl (C=O) groups excluding carboxylic acids is 2. The van der Waals surface area contributed by atoms with Crippen LogP contribution >= 0.6 is 0 Å². The maximum absolute atomic E-state index is 14.4. The Labute approximate surface area is 243 Å². The van der Waals surface area contributed by atoms with Crippen molar-refractivity contribution >= 4 is 22.7 Å². The van der Waals surface area contributed by atoms with Gasteiger partial charge in [-0.15, -0.1) is 0 Å². The molecule has 220 valence electrons. The van der Waals surface area contributed by atoms with Crippen molar-refractivity contribution in [2.45, 2.75) is 72.4 Å². The van der Waals surface area contributed by atoms with Gasteiger partial charge in [-0.3, -0.25) is 14.6 Å². The molecule has 0 unspecified atom stereocenters. The van der Waals surface area contributed by atoms with Crippen LogP contribution in [0.5, 0.6) is 0 Å². The number of pyridine rings is 1. The molecule has 0 aliphatic carbocycles. The Morgan fingerprint density at radius 3 is 2.56 bits per heavy atom. The van der Waals surface area contributed by atoms with Crippen LogP contribution in [0.4, 0.5) is 4.39 Å². The van der Waals surface area contributed by atoms with Gasteiger partial charge in [0.15, 0.2) is 0 Å². The molecule has 0 radical (unpaired) electrons. The summed E-state index contributed by atoms with van der Waals surface area (Å²) in [5.41, 5.74) is 4.31. The first-order valence-electron chi connectivity index (χ1n) is 15.0. The van der Waals surface area contributed by atoms with Crippen molar-refractivity contribution in [1.29, 1.82) is 0 Å². The molecule has 5 rings (SSSR count). The smallest absolute Gasteiger partial charge is 0.256 e. The lowest BCUT2D eigenvalue weighted by Gasteiger charge is -2.34. The largest absolute Gasteiger partial charge is 0.343 e. The van der Waals surface area contributed by atoms with Crippen LogP contribution in [0.2, 0.25) is 0 Å². The Morgan fingerprint density at radius 2 is 1.88 bits per heavy atom. The zero-order valence-corrected chi connectivity index (χ0v) is 25.4. The molecule has 8 heteroatoms. The number of benzene rings is 1. The SMILES string of the molecule is CC(=O)N1CCC(CN2C[C@@H](Cc3cn(-c4ccc(F)cc4C(=O)N(C)C(C)C)c4cncc(C)c34)C[C@H]2C)CC1. The summed E-state index contributed by atoms with van der Waals surface area (Å²) in [4.78, 5) is 35.9. The van der Waals surface area contributed by atoms with E-state index in [-0.39, 0.29) is 17.9 Å². The van der Waals surface area contributed by atoms with Gasteiger partial charge in [0.1, 0.15) is 5.82 Å². The van der Waals surface area contributed by atoms with Gasteiger partial charge in [0.2, 0.25) is 5.91 Å². The van der Waals surface area contributed by atoms with E-state index in [1.165, 1.54) is 23.1 Å². The number of nitrogens with zero attached hydrogens (tertiary/aromatic N) is 5. The first-order valence-corrected chi connectivity index (χ1v) is 15.0. The van der Waals surface area contributed by atoms with E-state index in [1.54, 1.807) is 24.9 Å². The highest BCUT2D eigenvalue weighted by Gasteiger charge is 2.33. The Hall–Kier alpha value is -3.26. The van der Waals surface area contributed by atoms with Gasteiger partial charge in [-0.05, 0) is 94.5 Å². The third-order valence-corrected chi connectivity index (χ3v) is 9.38. The first kappa shape index (κ1) is 29.2. The van der Waals surface area contributed by atoms with Crippen molar-refractivity contribution in [3.05, 3.63) is 59.3 Å². The van der Waals surface area contributed by atoms with Crippen LogP contribution in [0.25, 0.3) is 16.6 Å². The van der Waals surface area contributed by atoms with Crippen LogP contribution in [-0.4, -0.2) is 81.4 Å². The lowest BCUT2D eigenvalue weighted by Crippen LogP contribution is -2.41. The molecule has 0 N–H and O–H groups in total. The van der Waals surface area contributed by atoms with Crippen molar-refractivity contribution in [3.63, 3.8) is 0 Å². The van der Waals surface area contributed by atoms with E-state index in [9.17, 15) is 14.0 Å². The zero-order chi connectivity index (χ0) is 29.4. The Kier molecular flexibility index (Phi) is 8.50. The van der Waals surface area contributed by atoms with Crippen LogP contribution in [0.15, 0.2) is 36.8 Å². The van der Waals surface area contributed by atoms with Crippen molar-refractivity contribution in [3.8, 4) is 5.69 Å². The average Bonchev–Trinajstić information content (AvgIpc) is 3.48. The minimum absolute atomic E-state index is 0.00604. The fraction of sp³-hybridized carbons (Fsp3) is 0.545. The highest BCUT2D eigenvalue weighted by atomic mass is 19.1. The number of rotatable bonds is 7. The molecule has 4 heterocycles. The van der Waals surface area contributed by atoms with Gasteiger partial charge in [-0.25, -0.2) is 4.39 Å². The topological polar surface area (TPSA) is 61.7 Å². The quantitative estimate of drug-likeness (QED) is 0.384. The standard InChI is InChI=1S/C33H44FN5O2/c1-21(2)36(6)33(41)29-15-28(34)7-8-30(29)39-20-27(32-22(3)16-35-17-31(32)39)14-26-13-23(4)38(19-26)18-25-9-11-37(12-10-25)24(5)40/h7-8,15-17,20-21,23,25-26H,9-14,18-19H2,1-6H3/t23-,26-/m1/s1. The number of carbonyl (C=O) groups is 2. The van der Waals surface area contributed by atoms with Gasteiger partial charge in [-0.1, -0.05) is 0 Å². The number of amides is 2. The molecule has 2 saturated heterocycles. The molecular formula is C33H44FN5O2. The van der Waals surface area contributed by atoms with E-state index < -0.39 is 5.82 Å². The Balaban J connectivity index is 1.40. The van der Waals surface area contributed by atoms with E-state index in [4.69, 9.17) is 0 Å². The van der Waals surface area contributed by atoms with Gasteiger partial charge in [0.05, 0.1) is 23.0 Å². The predicted molar refractivity (Wildman–Crippen MR) is 161 cm³/mol. The first-order chi connectivity index (χ1) is 19.5. The van der Waals surface area contributed by atoms with Gasteiger partial charge < -0.3 is 19.3 Å². The molecule has 2 aliphatic rings. The van der Waals surface area contributed by atoms with E-state index in [1.807, 2.05) is 35.7 Å². The van der Waals surface area contributed by atoms with Crippen molar-refractivity contribution in [1.82, 2.24) is 24.3 Å². The molecule has 2 atom stereocenters. The van der Waals surface area contributed by atoms with Gasteiger partial charge in [-0.2, -0.15) is 0 Å². The van der Waals surface area contributed by atoms with Crippen LogP contribution in [0.1, 0.15) is 68.4 Å². The summed E-state index contributed by atoms with van der Waals surface area (Å²) in [6.07, 6.45) is 10.1. The number of fused-ring (bicyclic) bond motifs is 1. The zero-order valence-electron chi connectivity index (χ0n) is 25.4. The summed E-state index contributed by atoms with van der Waals surface area (Å²) in [6, 6.07) is 5.00.